The van der Waals surface area contributed by atoms with Gasteiger partial charge in [-0.3, -0.25) is 9.59 Å². The van der Waals surface area contributed by atoms with Crippen LogP contribution in [0.4, 0.5) is 10.1 Å². The predicted molar refractivity (Wildman–Crippen MR) is 119 cm³/mol. The quantitative estimate of drug-likeness (QED) is 0.636. The van der Waals surface area contributed by atoms with Crippen molar-refractivity contribution in [3.63, 3.8) is 0 Å². The molecule has 0 saturated carbocycles. The number of aryl methyl sites for hydroxylation is 1. The zero-order valence-corrected chi connectivity index (χ0v) is 17.6. The van der Waals surface area contributed by atoms with Crippen molar-refractivity contribution in [2.45, 2.75) is 32.2 Å². The summed E-state index contributed by atoms with van der Waals surface area (Å²) in [5.41, 5.74) is 4.20. The third-order valence-corrected chi connectivity index (χ3v) is 5.78. The molecular formula is C26H25FN2O2. The minimum Gasteiger partial charge on any atom is -0.324 e. The van der Waals surface area contributed by atoms with Gasteiger partial charge < -0.3 is 10.2 Å². The monoisotopic (exact) mass is 416 g/mol. The van der Waals surface area contributed by atoms with Crippen LogP contribution in [0, 0.1) is 12.7 Å². The standard InChI is InChI=1S/C26H25FN2O2/c1-3-21(18-7-5-4-6-8-18)26(31)29-16-24(30)28-23-14-9-17(2)15-22(23)25(29)19-10-12-20(27)13-11-19/h4-15,21,25H,3,16H2,1-2H3,(H,28,30). The molecule has 1 aliphatic heterocycles. The molecule has 1 N–H and O–H groups in total. The van der Waals surface area contributed by atoms with E-state index >= 15 is 0 Å². The number of nitrogens with one attached hydrogen (secondary N) is 1. The number of rotatable bonds is 4. The van der Waals surface area contributed by atoms with Crippen molar-refractivity contribution >= 4 is 17.5 Å². The lowest BCUT2D eigenvalue weighted by Gasteiger charge is -2.33. The second kappa shape index (κ2) is 8.72. The van der Waals surface area contributed by atoms with Crippen molar-refractivity contribution in [3.8, 4) is 0 Å². The highest BCUT2D eigenvalue weighted by Crippen LogP contribution is 2.38. The highest BCUT2D eigenvalue weighted by Gasteiger charge is 2.36. The third-order valence-electron chi connectivity index (χ3n) is 5.78. The van der Waals surface area contributed by atoms with Crippen LogP contribution < -0.4 is 5.32 Å². The minimum absolute atomic E-state index is 0.0715. The molecule has 4 nitrogen and oxygen atoms in total. The van der Waals surface area contributed by atoms with Gasteiger partial charge in [-0.05, 0) is 42.7 Å². The molecule has 31 heavy (non-hydrogen) atoms. The normalized spacial score (nSPS) is 16.8. The van der Waals surface area contributed by atoms with Crippen LogP contribution in [0.1, 0.15) is 47.6 Å². The fourth-order valence-electron chi connectivity index (χ4n) is 4.27. The second-order valence-electron chi connectivity index (χ2n) is 7.93. The van der Waals surface area contributed by atoms with Gasteiger partial charge in [0.2, 0.25) is 11.8 Å². The van der Waals surface area contributed by atoms with Gasteiger partial charge in [0, 0.05) is 11.3 Å². The van der Waals surface area contributed by atoms with Gasteiger partial charge in [-0.2, -0.15) is 0 Å². The van der Waals surface area contributed by atoms with E-state index in [0.717, 1.165) is 22.3 Å². The van der Waals surface area contributed by atoms with Gasteiger partial charge in [0.25, 0.3) is 0 Å². The molecule has 158 valence electrons. The fraction of sp³-hybridized carbons (Fsp3) is 0.231. The Labute approximate surface area is 181 Å². The number of benzene rings is 3. The number of carbonyl (C=O) groups is 2. The maximum atomic E-state index is 13.8. The molecule has 0 spiro atoms. The molecule has 2 amide bonds. The van der Waals surface area contributed by atoms with Crippen molar-refractivity contribution in [3.05, 3.63) is 101 Å². The largest absolute Gasteiger partial charge is 0.324 e. The highest BCUT2D eigenvalue weighted by atomic mass is 19.1. The van der Waals surface area contributed by atoms with Crippen LogP contribution in [-0.4, -0.2) is 23.3 Å². The van der Waals surface area contributed by atoms with Gasteiger partial charge in [0.15, 0.2) is 0 Å². The van der Waals surface area contributed by atoms with Gasteiger partial charge in [0.1, 0.15) is 12.4 Å². The van der Waals surface area contributed by atoms with E-state index in [9.17, 15) is 14.0 Å². The lowest BCUT2D eigenvalue weighted by molar-refractivity contribution is -0.137. The number of hydrogen-bond acceptors (Lipinski definition) is 2. The summed E-state index contributed by atoms with van der Waals surface area (Å²) in [6.07, 6.45) is 0.609. The summed E-state index contributed by atoms with van der Waals surface area (Å²) in [4.78, 5) is 28.2. The molecule has 0 saturated heterocycles. The molecule has 3 aromatic rings. The first-order chi connectivity index (χ1) is 15.0. The summed E-state index contributed by atoms with van der Waals surface area (Å²) in [6, 6.07) is 21.1. The van der Waals surface area contributed by atoms with E-state index in [0.29, 0.717) is 12.1 Å². The maximum absolute atomic E-state index is 13.8. The molecule has 0 aliphatic carbocycles. The Hall–Kier alpha value is -3.47. The lowest BCUT2D eigenvalue weighted by atomic mass is 9.90. The Bertz CT molecular complexity index is 1100. The van der Waals surface area contributed by atoms with E-state index in [1.54, 1.807) is 17.0 Å². The number of nitrogens with zero attached hydrogens (tertiary/aromatic N) is 1. The molecule has 0 radical (unpaired) electrons. The average molecular weight is 416 g/mol. The van der Waals surface area contributed by atoms with Gasteiger partial charge >= 0.3 is 0 Å². The van der Waals surface area contributed by atoms with E-state index in [4.69, 9.17) is 0 Å². The van der Waals surface area contributed by atoms with Gasteiger partial charge in [-0.25, -0.2) is 4.39 Å². The summed E-state index contributed by atoms with van der Waals surface area (Å²) in [5.74, 6) is -1.08. The number of amides is 2. The zero-order chi connectivity index (χ0) is 22.0. The first kappa shape index (κ1) is 20.8. The number of anilines is 1. The summed E-state index contributed by atoms with van der Waals surface area (Å²) >= 11 is 0. The molecule has 3 aromatic carbocycles. The van der Waals surface area contributed by atoms with Crippen molar-refractivity contribution < 1.29 is 14.0 Å². The molecule has 0 aromatic heterocycles. The van der Waals surface area contributed by atoms with Crippen LogP contribution in [-0.2, 0) is 9.59 Å². The Kier molecular flexibility index (Phi) is 5.85. The Morgan fingerprint density at radius 3 is 2.48 bits per heavy atom. The molecule has 4 rings (SSSR count). The molecular weight excluding hydrogens is 391 g/mol. The highest BCUT2D eigenvalue weighted by molar-refractivity contribution is 5.98. The first-order valence-electron chi connectivity index (χ1n) is 10.5. The maximum Gasteiger partial charge on any atom is 0.244 e. The second-order valence-corrected chi connectivity index (χ2v) is 7.93. The Morgan fingerprint density at radius 2 is 1.81 bits per heavy atom. The van der Waals surface area contributed by atoms with Crippen molar-refractivity contribution in [2.24, 2.45) is 0 Å². The number of carbonyl (C=O) groups excluding carboxylic acids is 2. The smallest absolute Gasteiger partial charge is 0.244 e. The van der Waals surface area contributed by atoms with E-state index < -0.39 is 6.04 Å². The summed E-state index contributed by atoms with van der Waals surface area (Å²) in [7, 11) is 0. The molecule has 2 unspecified atom stereocenters. The summed E-state index contributed by atoms with van der Waals surface area (Å²) < 4.78 is 13.7. The number of hydrogen-bond donors (Lipinski definition) is 1. The number of fused-ring (bicyclic) bond motifs is 1. The molecule has 1 heterocycles. The first-order valence-corrected chi connectivity index (χ1v) is 10.5. The average Bonchev–Trinajstić information content (AvgIpc) is 2.91. The lowest BCUT2D eigenvalue weighted by Crippen LogP contribution is -2.41. The van der Waals surface area contributed by atoms with Crippen LogP contribution in [0.25, 0.3) is 0 Å². The van der Waals surface area contributed by atoms with Crippen molar-refractivity contribution in [2.75, 3.05) is 11.9 Å². The van der Waals surface area contributed by atoms with Crippen LogP contribution in [0.15, 0.2) is 72.8 Å². The van der Waals surface area contributed by atoms with E-state index in [-0.39, 0.29) is 30.1 Å². The minimum atomic E-state index is -0.500. The van der Waals surface area contributed by atoms with E-state index in [1.807, 2.05) is 62.4 Å². The Balaban J connectivity index is 1.86. The van der Waals surface area contributed by atoms with Crippen LogP contribution in [0.5, 0.6) is 0 Å². The molecule has 0 fully saturated rings. The summed E-state index contributed by atoms with van der Waals surface area (Å²) in [6.45, 7) is 3.87. The van der Waals surface area contributed by atoms with Gasteiger partial charge in [-0.1, -0.05) is 67.1 Å². The molecule has 2 atom stereocenters. The Morgan fingerprint density at radius 1 is 1.10 bits per heavy atom. The van der Waals surface area contributed by atoms with E-state index in [1.165, 1.54) is 12.1 Å². The molecule has 5 heteroatoms. The van der Waals surface area contributed by atoms with Crippen molar-refractivity contribution in [1.82, 2.24) is 4.90 Å². The predicted octanol–water partition coefficient (Wildman–Crippen LogP) is 5.20. The topological polar surface area (TPSA) is 49.4 Å². The summed E-state index contributed by atoms with van der Waals surface area (Å²) in [5, 5.41) is 2.94. The van der Waals surface area contributed by atoms with Crippen LogP contribution in [0.3, 0.4) is 0 Å². The number of halogens is 1. The zero-order valence-electron chi connectivity index (χ0n) is 17.6. The SMILES string of the molecule is CCC(C(=O)N1CC(=O)Nc2ccc(C)cc2C1c1ccc(F)cc1)c1ccccc1. The van der Waals surface area contributed by atoms with Gasteiger partial charge in [-0.15, -0.1) is 0 Å². The molecule has 1 aliphatic rings. The fourth-order valence-corrected chi connectivity index (χ4v) is 4.27. The van der Waals surface area contributed by atoms with Crippen LogP contribution >= 0.6 is 0 Å². The molecule has 0 bridgehead atoms. The van der Waals surface area contributed by atoms with Crippen molar-refractivity contribution in [1.29, 1.82) is 0 Å². The van der Waals surface area contributed by atoms with E-state index in [2.05, 4.69) is 5.32 Å². The van der Waals surface area contributed by atoms with Gasteiger partial charge in [0.05, 0.1) is 12.0 Å². The third kappa shape index (κ3) is 4.22. The van der Waals surface area contributed by atoms with Crippen LogP contribution in [0.2, 0.25) is 0 Å².